The summed E-state index contributed by atoms with van der Waals surface area (Å²) >= 11 is 4.44. The highest BCUT2D eigenvalue weighted by molar-refractivity contribution is 7.80. The highest BCUT2D eigenvalue weighted by Gasteiger charge is 2.22. The van der Waals surface area contributed by atoms with E-state index in [1.807, 2.05) is 42.5 Å². The average Bonchev–Trinajstić information content (AvgIpc) is 3.53. The number of thiol groups is 1. The van der Waals surface area contributed by atoms with Crippen LogP contribution in [0.1, 0.15) is 42.3 Å². The molecule has 0 aliphatic carbocycles. The highest BCUT2D eigenvalue weighted by atomic mass is 32.1. The van der Waals surface area contributed by atoms with Gasteiger partial charge in [0, 0.05) is 36.6 Å². The molecule has 0 fully saturated rings. The van der Waals surface area contributed by atoms with Gasteiger partial charge < -0.3 is 14.0 Å². The Labute approximate surface area is 223 Å². The molecule has 0 radical (unpaired) electrons. The van der Waals surface area contributed by atoms with E-state index in [4.69, 9.17) is 14.5 Å². The molecule has 188 valence electrons. The summed E-state index contributed by atoms with van der Waals surface area (Å²) < 4.78 is 13.4. The number of rotatable bonds is 10. The second-order valence-electron chi connectivity index (χ2n) is 9.21. The maximum Gasteiger partial charge on any atom is 0.231 e. The van der Waals surface area contributed by atoms with Gasteiger partial charge in [-0.15, -0.1) is 12.6 Å². The predicted octanol–water partition coefficient (Wildman–Crippen LogP) is 6.44. The topological polar surface area (TPSA) is 63.3 Å². The molecule has 0 saturated heterocycles. The number of fused-ring (bicyclic) bond motifs is 1. The lowest BCUT2D eigenvalue weighted by molar-refractivity contribution is 0.174. The smallest absolute Gasteiger partial charge is 0.231 e. The predicted molar refractivity (Wildman–Crippen MR) is 146 cm³/mol. The minimum absolute atomic E-state index is 0.253. The fourth-order valence-electron chi connectivity index (χ4n) is 4.64. The Morgan fingerprint density at radius 3 is 2.43 bits per heavy atom. The second kappa shape index (κ2) is 11.5. The fourth-order valence-corrected chi connectivity index (χ4v) is 4.79. The zero-order valence-corrected chi connectivity index (χ0v) is 21.8. The maximum atomic E-state index is 10.1. The van der Waals surface area contributed by atoms with E-state index in [2.05, 4.69) is 65.4 Å². The van der Waals surface area contributed by atoms with E-state index in [9.17, 15) is 5.26 Å². The summed E-state index contributed by atoms with van der Waals surface area (Å²) in [6.45, 7) is 5.24. The van der Waals surface area contributed by atoms with Crippen LogP contribution < -0.4 is 9.47 Å². The molecular weight excluding hydrogens is 480 g/mol. The van der Waals surface area contributed by atoms with Crippen molar-refractivity contribution in [2.45, 2.75) is 50.8 Å². The Bertz CT molecular complexity index is 1390. The van der Waals surface area contributed by atoms with Crippen molar-refractivity contribution in [2.75, 3.05) is 6.79 Å². The van der Waals surface area contributed by atoms with Gasteiger partial charge in [-0.1, -0.05) is 61.9 Å². The van der Waals surface area contributed by atoms with Gasteiger partial charge in [0.05, 0.1) is 5.69 Å². The van der Waals surface area contributed by atoms with Crippen molar-refractivity contribution in [3.63, 3.8) is 0 Å². The maximum absolute atomic E-state index is 10.1. The van der Waals surface area contributed by atoms with Crippen LogP contribution >= 0.6 is 12.6 Å². The van der Waals surface area contributed by atoms with Gasteiger partial charge in [-0.2, -0.15) is 5.26 Å². The third-order valence-electron chi connectivity index (χ3n) is 6.50. The Hall–Kier alpha value is -3.73. The van der Waals surface area contributed by atoms with Crippen molar-refractivity contribution in [1.29, 1.82) is 5.26 Å². The molecule has 6 nitrogen and oxygen atoms in total. The molecule has 0 saturated carbocycles. The fraction of sp³-hybridized carbons (Fsp3) is 0.267. The first-order valence-electron chi connectivity index (χ1n) is 12.6. The summed E-state index contributed by atoms with van der Waals surface area (Å²) in [6, 6.07) is 26.8. The molecule has 0 spiro atoms. The lowest BCUT2D eigenvalue weighted by atomic mass is 10.1. The largest absolute Gasteiger partial charge is 0.454 e. The van der Waals surface area contributed by atoms with Crippen LogP contribution in [0.5, 0.6) is 11.5 Å². The van der Waals surface area contributed by atoms with Crippen molar-refractivity contribution in [3.8, 4) is 29.0 Å². The number of hydrogen-bond donors (Lipinski definition) is 1. The molecule has 5 rings (SSSR count). The lowest BCUT2D eigenvalue weighted by Crippen LogP contribution is -2.24. The number of imidazole rings is 1. The molecule has 0 atom stereocenters. The molecule has 2 heterocycles. The van der Waals surface area contributed by atoms with E-state index in [0.29, 0.717) is 25.3 Å². The summed E-state index contributed by atoms with van der Waals surface area (Å²) in [7, 11) is 0. The molecule has 0 N–H and O–H groups in total. The molecule has 0 bridgehead atoms. The van der Waals surface area contributed by atoms with Crippen LogP contribution in [-0.4, -0.2) is 21.2 Å². The number of benzene rings is 3. The summed E-state index contributed by atoms with van der Waals surface area (Å²) in [5, 5.41) is 10.1. The number of nitrogens with zero attached hydrogens (tertiary/aromatic N) is 4. The zero-order chi connectivity index (χ0) is 25.6. The number of nitriles is 1. The summed E-state index contributed by atoms with van der Waals surface area (Å²) in [6.07, 6.45) is 2.07. The zero-order valence-electron chi connectivity index (χ0n) is 20.9. The van der Waals surface area contributed by atoms with Gasteiger partial charge in [-0.25, -0.2) is 4.98 Å². The molecule has 0 unspecified atom stereocenters. The Balaban J connectivity index is 1.51. The first-order valence-corrected chi connectivity index (χ1v) is 13.0. The van der Waals surface area contributed by atoms with Crippen molar-refractivity contribution < 1.29 is 9.47 Å². The van der Waals surface area contributed by atoms with E-state index < -0.39 is 0 Å². The Morgan fingerprint density at radius 2 is 1.68 bits per heavy atom. The van der Waals surface area contributed by atoms with Crippen molar-refractivity contribution in [3.05, 3.63) is 95.3 Å². The summed E-state index contributed by atoms with van der Waals surface area (Å²) in [5.74, 6) is 2.40. The number of ether oxygens (including phenoxy) is 2. The van der Waals surface area contributed by atoms with Gasteiger partial charge >= 0.3 is 0 Å². The molecule has 7 heteroatoms. The van der Waals surface area contributed by atoms with E-state index in [1.54, 1.807) is 0 Å². The van der Waals surface area contributed by atoms with Crippen LogP contribution in [0.4, 0.5) is 0 Å². The average molecular weight is 511 g/mol. The summed E-state index contributed by atoms with van der Waals surface area (Å²) in [5.41, 5.74) is 4.75. The minimum Gasteiger partial charge on any atom is -0.454 e. The van der Waals surface area contributed by atoms with Gasteiger partial charge in [0.25, 0.3) is 0 Å². The monoisotopic (exact) mass is 510 g/mol. The van der Waals surface area contributed by atoms with Crippen molar-refractivity contribution in [2.24, 2.45) is 0 Å². The second-order valence-corrected chi connectivity index (χ2v) is 9.73. The minimum atomic E-state index is 0.253. The third-order valence-corrected chi connectivity index (χ3v) is 6.80. The Morgan fingerprint density at radius 1 is 0.946 bits per heavy atom. The number of hydrogen-bond acceptors (Lipinski definition) is 6. The quantitative estimate of drug-likeness (QED) is 0.249. The molecule has 1 aliphatic rings. The van der Waals surface area contributed by atoms with Crippen molar-refractivity contribution in [1.82, 2.24) is 14.5 Å². The van der Waals surface area contributed by atoms with E-state index in [-0.39, 0.29) is 6.79 Å². The van der Waals surface area contributed by atoms with Gasteiger partial charge in [0.2, 0.25) is 6.79 Å². The molecule has 4 aromatic rings. The standard InChI is InChI=1S/C30H30N4O2S/c1-2-3-15-34-27(26(17-31)32-30(34)24-7-5-4-6-8-24)20-33(18-22-9-12-25(37)13-10-22)19-23-11-14-28-29(16-23)36-21-35-28/h4-14,16,37H,2-3,15,18-21H2,1H3. The van der Waals surface area contributed by atoms with E-state index in [0.717, 1.165) is 58.4 Å². The van der Waals surface area contributed by atoms with E-state index in [1.165, 1.54) is 5.56 Å². The molecule has 1 aromatic heterocycles. The van der Waals surface area contributed by atoms with Crippen LogP contribution in [0.15, 0.2) is 77.7 Å². The van der Waals surface area contributed by atoms with Crippen LogP contribution in [0.2, 0.25) is 0 Å². The normalized spacial score (nSPS) is 12.2. The van der Waals surface area contributed by atoms with Gasteiger partial charge in [0.1, 0.15) is 11.9 Å². The van der Waals surface area contributed by atoms with E-state index >= 15 is 0 Å². The van der Waals surface area contributed by atoms with Crippen LogP contribution in [-0.2, 0) is 26.2 Å². The SMILES string of the molecule is CCCCn1c(-c2ccccc2)nc(C#N)c1CN(Cc1ccc(S)cc1)Cc1ccc2c(c1)OCO2. The molecule has 1 aliphatic heterocycles. The molecule has 3 aromatic carbocycles. The highest BCUT2D eigenvalue weighted by Crippen LogP contribution is 2.33. The first kappa shape index (κ1) is 24.9. The third kappa shape index (κ3) is 5.82. The number of aromatic nitrogens is 2. The van der Waals surface area contributed by atoms with Gasteiger partial charge in [0.15, 0.2) is 17.2 Å². The first-order chi connectivity index (χ1) is 18.1. The number of unbranched alkanes of at least 4 members (excludes halogenated alkanes) is 1. The molecular formula is C30H30N4O2S. The van der Waals surface area contributed by atoms with Gasteiger partial charge in [-0.3, -0.25) is 4.90 Å². The molecule has 0 amide bonds. The van der Waals surface area contributed by atoms with Crippen LogP contribution in [0.25, 0.3) is 11.4 Å². The Kier molecular flexibility index (Phi) is 7.79. The van der Waals surface area contributed by atoms with Gasteiger partial charge in [-0.05, 0) is 41.8 Å². The van der Waals surface area contributed by atoms with Crippen LogP contribution in [0, 0.1) is 11.3 Å². The van der Waals surface area contributed by atoms with Crippen molar-refractivity contribution >= 4 is 12.6 Å². The molecule has 37 heavy (non-hydrogen) atoms. The summed E-state index contributed by atoms with van der Waals surface area (Å²) in [4.78, 5) is 8.09. The van der Waals surface area contributed by atoms with Crippen LogP contribution in [0.3, 0.4) is 0 Å². The lowest BCUT2D eigenvalue weighted by Gasteiger charge is -2.24.